The van der Waals surface area contributed by atoms with Crippen molar-refractivity contribution in [2.24, 2.45) is 5.84 Å². The Balaban J connectivity index is 2.22. The molecular formula is C16H24N4. The molecule has 0 unspecified atom stereocenters. The van der Waals surface area contributed by atoms with Crippen LogP contribution in [-0.4, -0.2) is 4.98 Å². The van der Waals surface area contributed by atoms with E-state index in [1.54, 1.807) is 0 Å². The smallest absolute Gasteiger partial charge is 0.158 e. The number of hydrogen-bond donors (Lipinski definition) is 2. The van der Waals surface area contributed by atoms with Gasteiger partial charge in [0.2, 0.25) is 0 Å². The Labute approximate surface area is 121 Å². The Morgan fingerprint density at radius 3 is 2.20 bits per heavy atom. The molecule has 0 fully saturated rings. The van der Waals surface area contributed by atoms with E-state index in [1.807, 2.05) is 6.07 Å². The average molecular weight is 272 g/mol. The number of nitriles is 1. The molecule has 3 N–H and O–H groups in total. The Bertz CT molecular complexity index is 476. The Morgan fingerprint density at radius 2 is 1.60 bits per heavy atom. The van der Waals surface area contributed by atoms with Crippen LogP contribution >= 0.6 is 0 Å². The lowest BCUT2D eigenvalue weighted by Gasteiger charge is -2.13. The number of aryl methyl sites for hydroxylation is 2. The number of aromatic nitrogens is 1. The first-order valence-electron chi connectivity index (χ1n) is 7.74. The number of pyridine rings is 1. The molecule has 0 aliphatic heterocycles. The average Bonchev–Trinajstić information content (AvgIpc) is 2.47. The van der Waals surface area contributed by atoms with Crippen LogP contribution in [0.3, 0.4) is 0 Å². The Kier molecular flexibility index (Phi) is 5.82. The minimum absolute atomic E-state index is 0.512. The molecule has 0 spiro atoms. The molecule has 4 heteroatoms. The molecule has 0 radical (unpaired) electrons. The number of hydrazine groups is 1. The van der Waals surface area contributed by atoms with E-state index in [2.05, 4.69) is 16.5 Å². The van der Waals surface area contributed by atoms with E-state index in [-0.39, 0.29) is 0 Å². The monoisotopic (exact) mass is 272 g/mol. The molecule has 0 saturated carbocycles. The number of anilines is 1. The standard InChI is InChI=1S/C16H24N4/c17-12-14-11-13-9-7-5-3-1-2-4-6-8-10-15(13)19-16(14)20-18/h11H,1-10,18H2,(H,19,20). The highest BCUT2D eigenvalue weighted by Crippen LogP contribution is 2.22. The topological polar surface area (TPSA) is 74.7 Å². The third kappa shape index (κ3) is 3.94. The maximum absolute atomic E-state index is 9.17. The zero-order chi connectivity index (χ0) is 14.2. The molecule has 1 aliphatic carbocycles. The van der Waals surface area contributed by atoms with E-state index in [4.69, 9.17) is 5.84 Å². The lowest BCUT2D eigenvalue weighted by molar-refractivity contribution is 0.557. The van der Waals surface area contributed by atoms with Crippen molar-refractivity contribution in [1.29, 1.82) is 5.26 Å². The number of rotatable bonds is 1. The van der Waals surface area contributed by atoms with Gasteiger partial charge in [0.25, 0.3) is 0 Å². The summed E-state index contributed by atoms with van der Waals surface area (Å²) in [6.45, 7) is 0. The second-order valence-corrected chi connectivity index (χ2v) is 5.57. The van der Waals surface area contributed by atoms with E-state index in [9.17, 15) is 5.26 Å². The number of nitrogens with zero attached hydrogens (tertiary/aromatic N) is 2. The van der Waals surface area contributed by atoms with Crippen molar-refractivity contribution in [3.8, 4) is 6.07 Å². The van der Waals surface area contributed by atoms with Crippen LogP contribution in [0.1, 0.15) is 68.2 Å². The summed E-state index contributed by atoms with van der Waals surface area (Å²) in [6, 6.07) is 4.15. The predicted molar refractivity (Wildman–Crippen MR) is 81.1 cm³/mol. The van der Waals surface area contributed by atoms with Gasteiger partial charge < -0.3 is 5.43 Å². The zero-order valence-corrected chi connectivity index (χ0v) is 12.1. The summed E-state index contributed by atoms with van der Waals surface area (Å²) in [7, 11) is 0. The first-order chi connectivity index (χ1) is 9.85. The van der Waals surface area contributed by atoms with Gasteiger partial charge in [0.15, 0.2) is 5.82 Å². The van der Waals surface area contributed by atoms with Crippen molar-refractivity contribution < 1.29 is 0 Å². The molecule has 4 nitrogen and oxygen atoms in total. The largest absolute Gasteiger partial charge is 0.307 e. The van der Waals surface area contributed by atoms with Crippen molar-refractivity contribution in [2.75, 3.05) is 5.43 Å². The highest BCUT2D eigenvalue weighted by Gasteiger charge is 2.11. The van der Waals surface area contributed by atoms with Gasteiger partial charge >= 0.3 is 0 Å². The van der Waals surface area contributed by atoms with Crippen molar-refractivity contribution in [3.63, 3.8) is 0 Å². The molecule has 0 aromatic carbocycles. The number of nitrogens with two attached hydrogens (primary N) is 1. The molecule has 0 atom stereocenters. The highest BCUT2D eigenvalue weighted by atomic mass is 15.2. The fourth-order valence-corrected chi connectivity index (χ4v) is 2.89. The molecule has 108 valence electrons. The summed E-state index contributed by atoms with van der Waals surface area (Å²) in [6.07, 6.45) is 12.3. The van der Waals surface area contributed by atoms with Crippen molar-refractivity contribution >= 4 is 5.82 Å². The maximum Gasteiger partial charge on any atom is 0.158 e. The van der Waals surface area contributed by atoms with E-state index < -0.39 is 0 Å². The molecule has 1 heterocycles. The van der Waals surface area contributed by atoms with Crippen molar-refractivity contribution in [2.45, 2.75) is 64.2 Å². The predicted octanol–water partition coefficient (Wildman–Crippen LogP) is 3.46. The van der Waals surface area contributed by atoms with Gasteiger partial charge in [0.05, 0.1) is 5.56 Å². The van der Waals surface area contributed by atoms with Crippen LogP contribution in [0.25, 0.3) is 0 Å². The van der Waals surface area contributed by atoms with Crippen LogP contribution < -0.4 is 11.3 Å². The van der Waals surface area contributed by atoms with E-state index in [0.717, 1.165) is 18.5 Å². The van der Waals surface area contributed by atoms with Gasteiger partial charge in [-0.05, 0) is 37.3 Å². The van der Waals surface area contributed by atoms with Gasteiger partial charge in [0.1, 0.15) is 6.07 Å². The molecular weight excluding hydrogens is 248 g/mol. The van der Waals surface area contributed by atoms with E-state index in [1.165, 1.54) is 56.9 Å². The van der Waals surface area contributed by atoms with Gasteiger partial charge in [-0.3, -0.25) is 0 Å². The Morgan fingerprint density at radius 1 is 1.00 bits per heavy atom. The first-order valence-corrected chi connectivity index (χ1v) is 7.74. The second-order valence-electron chi connectivity index (χ2n) is 5.57. The van der Waals surface area contributed by atoms with Crippen LogP contribution in [0.4, 0.5) is 5.82 Å². The van der Waals surface area contributed by atoms with Gasteiger partial charge in [-0.15, -0.1) is 0 Å². The van der Waals surface area contributed by atoms with Crippen molar-refractivity contribution in [3.05, 3.63) is 22.9 Å². The summed E-state index contributed by atoms with van der Waals surface area (Å²) in [5, 5.41) is 9.17. The number of hydrogen-bond acceptors (Lipinski definition) is 4. The van der Waals surface area contributed by atoms with Crippen LogP contribution in [0.5, 0.6) is 0 Å². The number of nitrogen functional groups attached to an aromatic ring is 1. The number of fused-ring (bicyclic) bond motifs is 1. The fraction of sp³-hybridized carbons (Fsp3) is 0.625. The van der Waals surface area contributed by atoms with Gasteiger partial charge in [0, 0.05) is 5.69 Å². The van der Waals surface area contributed by atoms with Crippen molar-refractivity contribution in [1.82, 2.24) is 4.98 Å². The molecule has 0 bridgehead atoms. The third-order valence-electron chi connectivity index (χ3n) is 4.06. The molecule has 1 aromatic rings. The highest BCUT2D eigenvalue weighted by molar-refractivity contribution is 5.53. The summed E-state index contributed by atoms with van der Waals surface area (Å²) in [5.41, 5.74) is 5.46. The Hall–Kier alpha value is -1.60. The van der Waals surface area contributed by atoms with Crippen LogP contribution in [0.15, 0.2) is 6.07 Å². The molecule has 0 saturated heterocycles. The molecule has 1 aliphatic rings. The first kappa shape index (κ1) is 14.8. The number of nitrogens with one attached hydrogen (secondary N) is 1. The SMILES string of the molecule is N#Cc1cc2c(nc1NN)CCCCCCCCCC2. The molecule has 1 aromatic heterocycles. The minimum atomic E-state index is 0.512. The normalized spacial score (nSPS) is 17.2. The zero-order valence-electron chi connectivity index (χ0n) is 12.1. The van der Waals surface area contributed by atoms with Crippen LogP contribution in [-0.2, 0) is 12.8 Å². The van der Waals surface area contributed by atoms with E-state index >= 15 is 0 Å². The van der Waals surface area contributed by atoms with Gasteiger partial charge in [-0.2, -0.15) is 5.26 Å². The maximum atomic E-state index is 9.17. The summed E-state index contributed by atoms with van der Waals surface area (Å²) >= 11 is 0. The van der Waals surface area contributed by atoms with Crippen LogP contribution in [0, 0.1) is 11.3 Å². The third-order valence-corrected chi connectivity index (χ3v) is 4.06. The summed E-state index contributed by atoms with van der Waals surface area (Å²) < 4.78 is 0. The fourth-order valence-electron chi connectivity index (χ4n) is 2.89. The molecule has 0 amide bonds. The molecule has 20 heavy (non-hydrogen) atoms. The second kappa shape index (κ2) is 7.86. The summed E-state index contributed by atoms with van der Waals surface area (Å²) in [5.74, 6) is 5.98. The summed E-state index contributed by atoms with van der Waals surface area (Å²) in [4.78, 5) is 4.57. The van der Waals surface area contributed by atoms with E-state index in [0.29, 0.717) is 11.4 Å². The lowest BCUT2D eigenvalue weighted by atomic mass is 9.97. The van der Waals surface area contributed by atoms with Gasteiger partial charge in [-0.25, -0.2) is 10.8 Å². The lowest BCUT2D eigenvalue weighted by Crippen LogP contribution is -2.13. The van der Waals surface area contributed by atoms with Gasteiger partial charge in [-0.1, -0.05) is 38.5 Å². The molecule has 2 rings (SSSR count). The minimum Gasteiger partial charge on any atom is -0.307 e. The van der Waals surface area contributed by atoms with Crippen LogP contribution in [0.2, 0.25) is 0 Å². The quantitative estimate of drug-likeness (QED) is 0.606.